The molecule has 1 aliphatic heterocycles. The van der Waals surface area contributed by atoms with Crippen molar-refractivity contribution in [3.05, 3.63) is 56.3 Å². The van der Waals surface area contributed by atoms with Crippen LogP contribution >= 0.6 is 11.3 Å². The van der Waals surface area contributed by atoms with Crippen LogP contribution in [0.1, 0.15) is 23.3 Å². The highest BCUT2D eigenvalue weighted by Crippen LogP contribution is 2.27. The smallest absolute Gasteiger partial charge is 0.270 e. The molecule has 0 radical (unpaired) electrons. The van der Waals surface area contributed by atoms with Gasteiger partial charge in [-0.1, -0.05) is 6.07 Å². The Bertz CT molecular complexity index is 699. The predicted molar refractivity (Wildman–Crippen MR) is 97.1 cm³/mol. The maximum atomic E-state index is 11.1. The molecule has 2 aromatic rings. The Balaban J connectivity index is 1.80. The number of non-ortho nitro benzene ring substituents is 1. The predicted octanol–water partition coefficient (Wildman–Crippen LogP) is 3.85. The second kappa shape index (κ2) is 8.42. The minimum absolute atomic E-state index is 0.0870. The Morgan fingerprint density at radius 3 is 2.92 bits per heavy atom. The number of nitro benzene ring substituents is 1. The molecule has 1 aliphatic rings. The van der Waals surface area contributed by atoms with Crippen molar-refractivity contribution in [1.82, 2.24) is 4.90 Å². The maximum absolute atomic E-state index is 11.1. The summed E-state index contributed by atoms with van der Waals surface area (Å²) in [6, 6.07) is 8.90. The van der Waals surface area contributed by atoms with Crippen LogP contribution < -0.4 is 4.74 Å². The minimum Gasteiger partial charge on any atom is -0.496 e. The molecular formula is C18H22N2O4S. The molecule has 0 aliphatic carbocycles. The first-order valence-electron chi connectivity index (χ1n) is 8.33. The molecule has 1 atom stereocenters. The highest BCUT2D eigenvalue weighted by molar-refractivity contribution is 7.09. The average Bonchev–Trinajstić information content (AvgIpc) is 3.28. The average molecular weight is 362 g/mol. The molecule has 134 valence electrons. The molecule has 7 heteroatoms. The zero-order chi connectivity index (χ0) is 17.6. The first kappa shape index (κ1) is 17.8. The van der Waals surface area contributed by atoms with Crippen molar-refractivity contribution in [3.8, 4) is 5.75 Å². The molecule has 0 amide bonds. The molecule has 6 nitrogen and oxygen atoms in total. The highest BCUT2D eigenvalue weighted by Gasteiger charge is 2.21. The molecule has 0 N–H and O–H groups in total. The fraction of sp³-hybridized carbons (Fsp3) is 0.444. The van der Waals surface area contributed by atoms with Gasteiger partial charge >= 0.3 is 0 Å². The van der Waals surface area contributed by atoms with E-state index in [2.05, 4.69) is 16.3 Å². The topological polar surface area (TPSA) is 64.8 Å². The van der Waals surface area contributed by atoms with Gasteiger partial charge in [-0.3, -0.25) is 15.0 Å². The quantitative estimate of drug-likeness (QED) is 0.527. The van der Waals surface area contributed by atoms with Gasteiger partial charge in [0.2, 0.25) is 0 Å². The minimum atomic E-state index is -0.368. The van der Waals surface area contributed by atoms with Crippen LogP contribution in [-0.2, 0) is 17.8 Å². The van der Waals surface area contributed by atoms with Gasteiger partial charge in [-0.05, 0) is 30.4 Å². The molecule has 1 unspecified atom stereocenters. The van der Waals surface area contributed by atoms with E-state index in [4.69, 9.17) is 9.47 Å². The van der Waals surface area contributed by atoms with Gasteiger partial charge in [0.05, 0.1) is 18.1 Å². The van der Waals surface area contributed by atoms with Crippen LogP contribution in [0.15, 0.2) is 35.7 Å². The van der Waals surface area contributed by atoms with Gasteiger partial charge in [-0.25, -0.2) is 0 Å². The van der Waals surface area contributed by atoms with Gasteiger partial charge in [-0.2, -0.15) is 0 Å². The lowest BCUT2D eigenvalue weighted by Gasteiger charge is -2.25. The number of ether oxygens (including phenoxy) is 2. The SMILES string of the molecule is COc1ccc([N+](=O)[O-])cc1CN(Cc1cccs1)CC1CCCO1. The molecule has 0 bridgehead atoms. The van der Waals surface area contributed by atoms with E-state index in [-0.39, 0.29) is 16.7 Å². The van der Waals surface area contributed by atoms with E-state index in [0.29, 0.717) is 12.3 Å². The molecule has 0 saturated carbocycles. The number of hydrogen-bond acceptors (Lipinski definition) is 6. The highest BCUT2D eigenvalue weighted by atomic mass is 32.1. The Morgan fingerprint density at radius 1 is 1.40 bits per heavy atom. The van der Waals surface area contributed by atoms with Crippen molar-refractivity contribution in [2.45, 2.75) is 32.0 Å². The number of methoxy groups -OCH3 is 1. The molecule has 2 heterocycles. The number of nitrogens with zero attached hydrogens (tertiary/aromatic N) is 2. The summed E-state index contributed by atoms with van der Waals surface area (Å²) in [5.41, 5.74) is 0.912. The summed E-state index contributed by atoms with van der Waals surface area (Å²) >= 11 is 1.72. The Labute approximate surface area is 151 Å². The summed E-state index contributed by atoms with van der Waals surface area (Å²) < 4.78 is 11.2. The number of nitro groups is 1. The van der Waals surface area contributed by atoms with E-state index < -0.39 is 0 Å². The molecule has 3 rings (SSSR count). The van der Waals surface area contributed by atoms with E-state index >= 15 is 0 Å². The largest absolute Gasteiger partial charge is 0.496 e. The fourth-order valence-corrected chi connectivity index (χ4v) is 3.87. The van der Waals surface area contributed by atoms with Crippen molar-refractivity contribution in [2.75, 3.05) is 20.3 Å². The zero-order valence-corrected chi connectivity index (χ0v) is 15.0. The number of hydrogen-bond donors (Lipinski definition) is 0. The zero-order valence-electron chi connectivity index (χ0n) is 14.2. The Morgan fingerprint density at radius 2 is 2.28 bits per heavy atom. The molecule has 1 fully saturated rings. The van der Waals surface area contributed by atoms with Crippen LogP contribution in [0.4, 0.5) is 5.69 Å². The monoisotopic (exact) mass is 362 g/mol. The molecule has 1 aromatic carbocycles. The second-order valence-corrected chi connectivity index (χ2v) is 7.17. The summed E-state index contributed by atoms with van der Waals surface area (Å²) in [5, 5.41) is 13.2. The van der Waals surface area contributed by atoms with Gasteiger partial charge in [0, 0.05) is 48.8 Å². The Hall–Kier alpha value is -1.96. The van der Waals surface area contributed by atoms with Crippen LogP contribution in [0.2, 0.25) is 0 Å². The van der Waals surface area contributed by atoms with Crippen LogP contribution in [0, 0.1) is 10.1 Å². The van der Waals surface area contributed by atoms with E-state index in [1.165, 1.54) is 10.9 Å². The van der Waals surface area contributed by atoms with Crippen molar-refractivity contribution in [1.29, 1.82) is 0 Å². The van der Waals surface area contributed by atoms with Crippen molar-refractivity contribution >= 4 is 17.0 Å². The van der Waals surface area contributed by atoms with Crippen molar-refractivity contribution < 1.29 is 14.4 Å². The molecule has 0 spiro atoms. The third-order valence-corrected chi connectivity index (χ3v) is 5.18. The second-order valence-electron chi connectivity index (χ2n) is 6.14. The van der Waals surface area contributed by atoms with Gasteiger partial charge < -0.3 is 9.47 Å². The number of thiophene rings is 1. The van der Waals surface area contributed by atoms with Crippen molar-refractivity contribution in [3.63, 3.8) is 0 Å². The first-order valence-corrected chi connectivity index (χ1v) is 9.21. The maximum Gasteiger partial charge on any atom is 0.270 e. The number of benzene rings is 1. The van der Waals surface area contributed by atoms with Crippen LogP contribution in [0.25, 0.3) is 0 Å². The van der Waals surface area contributed by atoms with Gasteiger partial charge in [0.15, 0.2) is 0 Å². The summed E-state index contributed by atoms with van der Waals surface area (Å²) in [6.45, 7) is 3.01. The third kappa shape index (κ3) is 4.78. The van der Waals surface area contributed by atoms with Crippen LogP contribution in [-0.4, -0.2) is 36.2 Å². The first-order chi connectivity index (χ1) is 12.2. The fourth-order valence-electron chi connectivity index (χ4n) is 3.13. The molecular weight excluding hydrogens is 340 g/mol. The van der Waals surface area contributed by atoms with Crippen LogP contribution in [0.3, 0.4) is 0 Å². The Kier molecular flexibility index (Phi) is 6.01. The lowest BCUT2D eigenvalue weighted by molar-refractivity contribution is -0.385. The standard InChI is InChI=1S/C18H22N2O4S/c1-23-18-7-6-15(20(21)22)10-14(18)11-19(12-16-4-2-8-24-16)13-17-5-3-9-25-17/h3,5-7,9-10,16H,2,4,8,11-13H2,1H3. The number of rotatable bonds is 8. The summed E-state index contributed by atoms with van der Waals surface area (Å²) in [7, 11) is 1.59. The molecule has 25 heavy (non-hydrogen) atoms. The normalized spacial score (nSPS) is 17.1. The third-order valence-electron chi connectivity index (χ3n) is 4.31. The lowest BCUT2D eigenvalue weighted by Crippen LogP contribution is -2.31. The molecule has 1 aromatic heterocycles. The van der Waals surface area contributed by atoms with Gasteiger partial charge in [-0.15, -0.1) is 11.3 Å². The summed E-state index contributed by atoms with van der Waals surface area (Å²) in [5.74, 6) is 0.675. The van der Waals surface area contributed by atoms with Crippen molar-refractivity contribution in [2.24, 2.45) is 0 Å². The van der Waals surface area contributed by atoms with E-state index in [1.807, 2.05) is 6.07 Å². The van der Waals surface area contributed by atoms with E-state index in [1.54, 1.807) is 30.6 Å². The summed E-state index contributed by atoms with van der Waals surface area (Å²) in [4.78, 5) is 14.3. The summed E-state index contributed by atoms with van der Waals surface area (Å²) in [6.07, 6.45) is 2.38. The lowest BCUT2D eigenvalue weighted by atomic mass is 10.1. The van der Waals surface area contributed by atoms with E-state index in [0.717, 1.165) is 38.1 Å². The van der Waals surface area contributed by atoms with Gasteiger partial charge in [0.1, 0.15) is 5.75 Å². The molecule has 1 saturated heterocycles. The van der Waals surface area contributed by atoms with Gasteiger partial charge in [0.25, 0.3) is 5.69 Å². The van der Waals surface area contributed by atoms with Crippen LogP contribution in [0.5, 0.6) is 5.75 Å². The van der Waals surface area contributed by atoms with E-state index in [9.17, 15) is 10.1 Å².